The fourth-order valence-corrected chi connectivity index (χ4v) is 1.78. The zero-order valence-corrected chi connectivity index (χ0v) is 11.4. The number of anilines is 1. The molecule has 1 N–H and O–H groups in total. The van der Waals surface area contributed by atoms with Crippen LogP contribution in [-0.2, 0) is 13.1 Å². The Morgan fingerprint density at radius 1 is 1.24 bits per heavy atom. The second kappa shape index (κ2) is 6.47. The number of halogens is 3. The van der Waals surface area contributed by atoms with Crippen LogP contribution in [0.25, 0.3) is 0 Å². The second-order valence-electron chi connectivity index (χ2n) is 4.33. The Bertz CT molecular complexity index is 566. The Balaban J connectivity index is 1.93. The van der Waals surface area contributed by atoms with Gasteiger partial charge in [0, 0.05) is 12.2 Å². The van der Waals surface area contributed by atoms with Crippen LogP contribution in [0.4, 0.5) is 18.9 Å². The van der Waals surface area contributed by atoms with Gasteiger partial charge >= 0.3 is 6.36 Å². The van der Waals surface area contributed by atoms with Gasteiger partial charge in [-0.3, -0.25) is 0 Å². The molecule has 114 valence electrons. The highest BCUT2D eigenvalue weighted by atomic mass is 19.4. The number of hydrogen-bond donors (Lipinski definition) is 1. The zero-order chi connectivity index (χ0) is 15.3. The lowest BCUT2D eigenvalue weighted by atomic mass is 10.3. The number of aryl methyl sites for hydroxylation is 1. The third kappa shape index (κ3) is 4.66. The molecule has 0 fully saturated rings. The van der Waals surface area contributed by atoms with Gasteiger partial charge in [0.1, 0.15) is 17.9 Å². The summed E-state index contributed by atoms with van der Waals surface area (Å²) in [5.74, 6) is 0.523. The van der Waals surface area contributed by atoms with E-state index in [-0.39, 0.29) is 5.75 Å². The molecule has 0 saturated heterocycles. The quantitative estimate of drug-likeness (QED) is 0.890. The Labute approximate surface area is 119 Å². The van der Waals surface area contributed by atoms with Crippen LogP contribution in [0.3, 0.4) is 0 Å². The fourth-order valence-electron chi connectivity index (χ4n) is 1.78. The van der Waals surface area contributed by atoms with E-state index in [0.717, 1.165) is 18.8 Å². The van der Waals surface area contributed by atoms with Crippen molar-refractivity contribution in [3.05, 3.63) is 36.4 Å². The van der Waals surface area contributed by atoms with Crippen molar-refractivity contribution in [3.8, 4) is 5.75 Å². The predicted octanol–water partition coefficient (Wildman–Crippen LogP) is 3.20. The second-order valence-corrected chi connectivity index (χ2v) is 4.33. The molecule has 0 unspecified atom stereocenters. The Kier molecular flexibility index (Phi) is 4.66. The summed E-state index contributed by atoms with van der Waals surface area (Å²) in [5.41, 5.74) is 0.676. The average Bonchev–Trinajstić information content (AvgIpc) is 2.84. The largest absolute Gasteiger partial charge is 0.573 e. The summed E-state index contributed by atoms with van der Waals surface area (Å²) in [7, 11) is 0. The minimum atomic E-state index is -4.68. The lowest BCUT2D eigenvalue weighted by Gasteiger charge is -2.10. The zero-order valence-electron chi connectivity index (χ0n) is 11.4. The first kappa shape index (κ1) is 15.1. The van der Waals surface area contributed by atoms with Gasteiger partial charge < -0.3 is 10.1 Å². The highest BCUT2D eigenvalue weighted by Crippen LogP contribution is 2.24. The van der Waals surface area contributed by atoms with Crippen molar-refractivity contribution in [2.24, 2.45) is 0 Å². The molecule has 0 radical (unpaired) electrons. The van der Waals surface area contributed by atoms with Crippen molar-refractivity contribution in [3.63, 3.8) is 0 Å². The Morgan fingerprint density at radius 3 is 2.57 bits per heavy atom. The standard InChI is InChI=1S/C13H15F3N4O/c1-2-7-20-12(18-9-19-20)8-17-10-3-5-11(6-4-10)21-13(14,15)16/h3-6,9,17H,2,7-8H2,1H3. The molecule has 0 amide bonds. The van der Waals surface area contributed by atoms with E-state index < -0.39 is 6.36 Å². The molecule has 0 aliphatic rings. The molecule has 0 aliphatic heterocycles. The number of rotatable bonds is 6. The first-order chi connectivity index (χ1) is 9.98. The first-order valence-electron chi connectivity index (χ1n) is 6.44. The highest BCUT2D eigenvalue weighted by Gasteiger charge is 2.30. The normalized spacial score (nSPS) is 11.4. The SMILES string of the molecule is CCCn1ncnc1CNc1ccc(OC(F)(F)F)cc1. The maximum absolute atomic E-state index is 12.0. The van der Waals surface area contributed by atoms with Crippen LogP contribution in [0.2, 0.25) is 0 Å². The van der Waals surface area contributed by atoms with E-state index in [2.05, 4.69) is 20.1 Å². The third-order valence-electron chi connectivity index (χ3n) is 2.67. The molecule has 8 heteroatoms. The van der Waals surface area contributed by atoms with E-state index in [0.29, 0.717) is 12.2 Å². The molecule has 2 rings (SSSR count). The summed E-state index contributed by atoms with van der Waals surface area (Å²) in [6.07, 6.45) is -2.25. The van der Waals surface area contributed by atoms with Gasteiger partial charge in [0.2, 0.25) is 0 Å². The maximum atomic E-state index is 12.0. The number of nitrogens with zero attached hydrogens (tertiary/aromatic N) is 3. The number of alkyl halides is 3. The van der Waals surface area contributed by atoms with Crippen LogP contribution in [-0.4, -0.2) is 21.1 Å². The van der Waals surface area contributed by atoms with E-state index in [1.165, 1.54) is 30.6 Å². The van der Waals surface area contributed by atoms with Crippen LogP contribution in [0, 0.1) is 0 Å². The van der Waals surface area contributed by atoms with Gasteiger partial charge in [-0.2, -0.15) is 5.10 Å². The van der Waals surface area contributed by atoms with Gasteiger partial charge in [-0.25, -0.2) is 9.67 Å². The summed E-state index contributed by atoms with van der Waals surface area (Å²) in [6.45, 7) is 3.26. The van der Waals surface area contributed by atoms with E-state index in [1.54, 1.807) is 4.68 Å². The minimum absolute atomic E-state index is 0.248. The molecule has 2 aromatic rings. The van der Waals surface area contributed by atoms with Crippen LogP contribution < -0.4 is 10.1 Å². The van der Waals surface area contributed by atoms with Crippen LogP contribution >= 0.6 is 0 Å². The first-order valence-corrected chi connectivity index (χ1v) is 6.44. The molecule has 0 atom stereocenters. The fraction of sp³-hybridized carbons (Fsp3) is 0.385. The molecule has 5 nitrogen and oxygen atoms in total. The van der Waals surface area contributed by atoms with Crippen LogP contribution in [0.5, 0.6) is 5.75 Å². The van der Waals surface area contributed by atoms with E-state index in [4.69, 9.17) is 0 Å². The molecule has 1 heterocycles. The molecule has 1 aromatic carbocycles. The lowest BCUT2D eigenvalue weighted by Crippen LogP contribution is -2.17. The third-order valence-corrected chi connectivity index (χ3v) is 2.67. The molecule has 0 aliphatic carbocycles. The van der Waals surface area contributed by atoms with Crippen molar-refractivity contribution in [1.29, 1.82) is 0 Å². The number of ether oxygens (including phenoxy) is 1. The van der Waals surface area contributed by atoms with Gasteiger partial charge in [0.05, 0.1) is 6.54 Å². The van der Waals surface area contributed by atoms with Crippen molar-refractivity contribution in [2.45, 2.75) is 32.8 Å². The minimum Gasteiger partial charge on any atom is -0.406 e. The Hall–Kier alpha value is -2.25. The number of hydrogen-bond acceptors (Lipinski definition) is 4. The highest BCUT2D eigenvalue weighted by molar-refractivity contribution is 5.46. The smallest absolute Gasteiger partial charge is 0.406 e. The number of benzene rings is 1. The van der Waals surface area contributed by atoms with Gasteiger partial charge in [0.15, 0.2) is 0 Å². The van der Waals surface area contributed by atoms with Gasteiger partial charge in [0.25, 0.3) is 0 Å². The molecule has 1 aromatic heterocycles. The van der Waals surface area contributed by atoms with E-state index in [9.17, 15) is 13.2 Å². The molecular weight excluding hydrogens is 285 g/mol. The molecule has 0 saturated carbocycles. The number of aromatic nitrogens is 3. The average molecular weight is 300 g/mol. The summed E-state index contributed by atoms with van der Waals surface area (Å²) in [6, 6.07) is 5.54. The molecule has 0 bridgehead atoms. The van der Waals surface area contributed by atoms with Crippen molar-refractivity contribution in [2.75, 3.05) is 5.32 Å². The Morgan fingerprint density at radius 2 is 1.95 bits per heavy atom. The van der Waals surface area contributed by atoms with E-state index in [1.807, 2.05) is 6.92 Å². The summed E-state index contributed by atoms with van der Waals surface area (Å²) in [5, 5.41) is 7.17. The summed E-state index contributed by atoms with van der Waals surface area (Å²) < 4.78 is 41.7. The summed E-state index contributed by atoms with van der Waals surface area (Å²) in [4.78, 5) is 4.13. The predicted molar refractivity (Wildman–Crippen MR) is 70.8 cm³/mol. The maximum Gasteiger partial charge on any atom is 0.573 e. The van der Waals surface area contributed by atoms with Crippen LogP contribution in [0.1, 0.15) is 19.2 Å². The monoisotopic (exact) mass is 300 g/mol. The van der Waals surface area contributed by atoms with Crippen molar-refractivity contribution >= 4 is 5.69 Å². The van der Waals surface area contributed by atoms with Crippen molar-refractivity contribution < 1.29 is 17.9 Å². The molecule has 0 spiro atoms. The summed E-state index contributed by atoms with van der Waals surface area (Å²) >= 11 is 0. The van der Waals surface area contributed by atoms with Crippen molar-refractivity contribution in [1.82, 2.24) is 14.8 Å². The molecular formula is C13H15F3N4O. The molecule has 21 heavy (non-hydrogen) atoms. The lowest BCUT2D eigenvalue weighted by molar-refractivity contribution is -0.274. The number of nitrogens with one attached hydrogen (secondary N) is 1. The van der Waals surface area contributed by atoms with Crippen LogP contribution in [0.15, 0.2) is 30.6 Å². The van der Waals surface area contributed by atoms with Gasteiger partial charge in [-0.15, -0.1) is 13.2 Å². The topological polar surface area (TPSA) is 52.0 Å². The van der Waals surface area contributed by atoms with E-state index >= 15 is 0 Å². The van der Waals surface area contributed by atoms with Gasteiger partial charge in [-0.05, 0) is 30.7 Å². The van der Waals surface area contributed by atoms with Gasteiger partial charge in [-0.1, -0.05) is 6.92 Å².